The quantitative estimate of drug-likeness (QED) is 0.876. The smallest absolute Gasteiger partial charge is 0.223 e. The highest BCUT2D eigenvalue weighted by Gasteiger charge is 2.20. The number of halogens is 1. The van der Waals surface area contributed by atoms with Crippen molar-refractivity contribution in [2.45, 2.75) is 39.0 Å². The summed E-state index contributed by atoms with van der Waals surface area (Å²) in [5, 5.41) is 9.60. The van der Waals surface area contributed by atoms with Gasteiger partial charge in [0.2, 0.25) is 5.91 Å². The molecule has 0 aromatic carbocycles. The van der Waals surface area contributed by atoms with Crippen LogP contribution in [0.15, 0.2) is 5.38 Å². The third-order valence-corrected chi connectivity index (χ3v) is 4.65. The molecule has 0 aliphatic carbocycles. The van der Waals surface area contributed by atoms with Gasteiger partial charge in [-0.05, 0) is 25.9 Å². The van der Waals surface area contributed by atoms with Crippen molar-refractivity contribution >= 4 is 29.7 Å². The van der Waals surface area contributed by atoms with Gasteiger partial charge in [-0.25, -0.2) is 4.98 Å². The number of thiazole rings is 1. The van der Waals surface area contributed by atoms with Crippen LogP contribution >= 0.6 is 23.7 Å². The van der Waals surface area contributed by atoms with Gasteiger partial charge in [-0.3, -0.25) is 4.79 Å². The van der Waals surface area contributed by atoms with Gasteiger partial charge in [0, 0.05) is 30.2 Å². The van der Waals surface area contributed by atoms with E-state index in [0.717, 1.165) is 38.0 Å². The summed E-state index contributed by atoms with van der Waals surface area (Å²) >= 11 is 1.71. The maximum atomic E-state index is 11.9. The predicted octanol–water partition coefficient (Wildman–Crippen LogP) is 2.35. The molecule has 2 rings (SSSR count). The Labute approximate surface area is 131 Å². The average molecular weight is 318 g/mol. The van der Waals surface area contributed by atoms with Crippen molar-refractivity contribution in [1.29, 1.82) is 0 Å². The lowest BCUT2D eigenvalue weighted by atomic mass is 9.97. The van der Waals surface area contributed by atoms with Crippen molar-refractivity contribution in [3.8, 4) is 0 Å². The van der Waals surface area contributed by atoms with Gasteiger partial charge in [0.05, 0.1) is 10.7 Å². The molecule has 0 saturated carbocycles. The van der Waals surface area contributed by atoms with Crippen LogP contribution in [-0.2, 0) is 11.2 Å². The Morgan fingerprint density at radius 1 is 1.50 bits per heavy atom. The van der Waals surface area contributed by atoms with Crippen molar-refractivity contribution in [2.24, 2.45) is 5.92 Å². The average Bonchev–Trinajstić information content (AvgIpc) is 2.89. The van der Waals surface area contributed by atoms with E-state index in [-0.39, 0.29) is 24.2 Å². The van der Waals surface area contributed by atoms with E-state index in [0.29, 0.717) is 12.5 Å². The molecule has 2 heterocycles. The van der Waals surface area contributed by atoms with Gasteiger partial charge in [-0.1, -0.05) is 13.8 Å². The Hall–Kier alpha value is -0.650. The summed E-state index contributed by atoms with van der Waals surface area (Å²) in [6.45, 7) is 6.93. The minimum Gasteiger partial charge on any atom is -0.355 e. The molecule has 1 fully saturated rings. The molecule has 6 heteroatoms. The Bertz CT molecular complexity index is 416. The van der Waals surface area contributed by atoms with Crippen LogP contribution in [0.25, 0.3) is 0 Å². The van der Waals surface area contributed by atoms with Crippen molar-refractivity contribution in [3.05, 3.63) is 16.1 Å². The van der Waals surface area contributed by atoms with Gasteiger partial charge >= 0.3 is 0 Å². The molecule has 1 aliphatic rings. The van der Waals surface area contributed by atoms with Crippen LogP contribution in [0.2, 0.25) is 0 Å². The molecule has 4 nitrogen and oxygen atoms in total. The van der Waals surface area contributed by atoms with Gasteiger partial charge in [0.15, 0.2) is 0 Å². The van der Waals surface area contributed by atoms with Crippen LogP contribution < -0.4 is 10.6 Å². The lowest BCUT2D eigenvalue weighted by Gasteiger charge is -2.21. The number of carbonyl (C=O) groups excluding carboxylic acids is 1. The van der Waals surface area contributed by atoms with E-state index < -0.39 is 0 Å². The monoisotopic (exact) mass is 317 g/mol. The molecule has 1 saturated heterocycles. The zero-order chi connectivity index (χ0) is 13.7. The normalized spacial score (nSPS) is 15.9. The molecule has 0 atom stereocenters. The third-order valence-electron chi connectivity index (χ3n) is 3.45. The fourth-order valence-electron chi connectivity index (χ4n) is 2.24. The molecule has 0 unspecified atom stereocenters. The number of nitrogens with zero attached hydrogens (tertiary/aromatic N) is 1. The van der Waals surface area contributed by atoms with Crippen molar-refractivity contribution < 1.29 is 4.79 Å². The van der Waals surface area contributed by atoms with Gasteiger partial charge in [-0.2, -0.15) is 0 Å². The molecule has 1 aromatic heterocycles. The fraction of sp³-hybridized carbons (Fsp3) is 0.714. The number of hydrogen-bond donors (Lipinski definition) is 2. The largest absolute Gasteiger partial charge is 0.355 e. The molecule has 2 N–H and O–H groups in total. The molecule has 1 amide bonds. The summed E-state index contributed by atoms with van der Waals surface area (Å²) in [7, 11) is 0. The van der Waals surface area contributed by atoms with Crippen LogP contribution in [0.5, 0.6) is 0 Å². The Morgan fingerprint density at radius 2 is 2.20 bits per heavy atom. The van der Waals surface area contributed by atoms with Crippen molar-refractivity contribution in [3.63, 3.8) is 0 Å². The number of piperidine rings is 1. The first kappa shape index (κ1) is 17.4. The Kier molecular flexibility index (Phi) is 7.48. The third kappa shape index (κ3) is 5.04. The highest BCUT2D eigenvalue weighted by atomic mass is 35.5. The van der Waals surface area contributed by atoms with E-state index in [1.807, 2.05) is 0 Å². The number of rotatable bonds is 5. The summed E-state index contributed by atoms with van der Waals surface area (Å²) in [5.41, 5.74) is 1.10. The molecule has 1 aliphatic heterocycles. The van der Waals surface area contributed by atoms with Crippen LogP contribution in [0.1, 0.15) is 43.3 Å². The van der Waals surface area contributed by atoms with E-state index in [4.69, 9.17) is 0 Å². The molecule has 20 heavy (non-hydrogen) atoms. The first-order chi connectivity index (χ1) is 9.16. The lowest BCUT2D eigenvalue weighted by molar-refractivity contribution is -0.125. The van der Waals surface area contributed by atoms with E-state index in [1.165, 1.54) is 5.01 Å². The summed E-state index contributed by atoms with van der Waals surface area (Å²) in [5.74, 6) is 0.895. The maximum Gasteiger partial charge on any atom is 0.223 e. The zero-order valence-corrected chi connectivity index (χ0v) is 13.8. The van der Waals surface area contributed by atoms with E-state index >= 15 is 0 Å². The molecule has 1 aromatic rings. The van der Waals surface area contributed by atoms with Gasteiger partial charge in [0.1, 0.15) is 0 Å². The highest BCUT2D eigenvalue weighted by molar-refractivity contribution is 7.09. The second-order valence-corrected chi connectivity index (χ2v) is 6.29. The van der Waals surface area contributed by atoms with Gasteiger partial charge < -0.3 is 10.6 Å². The number of nitrogens with one attached hydrogen (secondary N) is 2. The molecule has 0 bridgehead atoms. The van der Waals surface area contributed by atoms with E-state index in [1.54, 1.807) is 11.3 Å². The number of hydrogen-bond acceptors (Lipinski definition) is 4. The van der Waals surface area contributed by atoms with E-state index in [2.05, 4.69) is 34.8 Å². The second kappa shape index (κ2) is 8.60. The molecule has 0 radical (unpaired) electrons. The standard InChI is InChI=1S/C14H23N3OS.ClH/c1-10(2)14-17-12(9-19-14)5-8-16-13(18)11-3-6-15-7-4-11;/h9-11,15H,3-8H2,1-2H3,(H,16,18);1H. The first-order valence-electron chi connectivity index (χ1n) is 7.09. The van der Waals surface area contributed by atoms with Crippen LogP contribution in [0, 0.1) is 5.92 Å². The zero-order valence-electron chi connectivity index (χ0n) is 12.1. The van der Waals surface area contributed by atoms with Gasteiger partial charge in [0.25, 0.3) is 0 Å². The Balaban J connectivity index is 0.00000200. The Morgan fingerprint density at radius 3 is 2.80 bits per heavy atom. The van der Waals surface area contributed by atoms with Crippen LogP contribution in [0.4, 0.5) is 0 Å². The summed E-state index contributed by atoms with van der Waals surface area (Å²) in [4.78, 5) is 16.5. The topological polar surface area (TPSA) is 54.0 Å². The summed E-state index contributed by atoms with van der Waals surface area (Å²) in [6, 6.07) is 0. The van der Waals surface area contributed by atoms with Crippen LogP contribution in [0.3, 0.4) is 0 Å². The number of carbonyl (C=O) groups is 1. The van der Waals surface area contributed by atoms with Crippen LogP contribution in [-0.4, -0.2) is 30.5 Å². The van der Waals surface area contributed by atoms with Crippen molar-refractivity contribution in [2.75, 3.05) is 19.6 Å². The van der Waals surface area contributed by atoms with Gasteiger partial charge in [-0.15, -0.1) is 23.7 Å². The number of amides is 1. The summed E-state index contributed by atoms with van der Waals surface area (Å²) < 4.78 is 0. The predicted molar refractivity (Wildman–Crippen MR) is 85.8 cm³/mol. The second-order valence-electron chi connectivity index (χ2n) is 5.40. The molecule has 0 spiro atoms. The minimum atomic E-state index is 0. The fourth-order valence-corrected chi connectivity index (χ4v) is 3.11. The SMILES string of the molecule is CC(C)c1nc(CCNC(=O)C2CCNCC2)cs1.Cl. The maximum absolute atomic E-state index is 11.9. The minimum absolute atomic E-state index is 0. The summed E-state index contributed by atoms with van der Waals surface area (Å²) in [6.07, 6.45) is 2.75. The molecular formula is C14H24ClN3OS. The molecule has 114 valence electrons. The number of aromatic nitrogens is 1. The highest BCUT2D eigenvalue weighted by Crippen LogP contribution is 2.19. The van der Waals surface area contributed by atoms with E-state index in [9.17, 15) is 4.79 Å². The molecular weight excluding hydrogens is 294 g/mol. The van der Waals surface area contributed by atoms with Crippen molar-refractivity contribution in [1.82, 2.24) is 15.6 Å². The first-order valence-corrected chi connectivity index (χ1v) is 7.97. The lowest BCUT2D eigenvalue weighted by Crippen LogP contribution is -2.38.